The van der Waals surface area contributed by atoms with Crippen molar-refractivity contribution in [3.8, 4) is 0 Å². The number of rotatable bonds is 3. The van der Waals surface area contributed by atoms with E-state index < -0.39 is 6.55 Å². The number of hydrogen-bond donors (Lipinski definition) is 0. The number of benzene rings is 1. The second kappa shape index (κ2) is 5.46. The Morgan fingerprint density at radius 2 is 1.85 bits per heavy atom. The van der Waals surface area contributed by atoms with Gasteiger partial charge >= 0.3 is 6.55 Å². The largest absolute Gasteiger partial charge is 0.320 e. The molecule has 3 rings (SSSR count). The summed E-state index contributed by atoms with van der Waals surface area (Å²) in [4.78, 5) is 8.80. The van der Waals surface area contributed by atoms with Crippen molar-refractivity contribution in [2.75, 3.05) is 33.2 Å². The number of alkyl halides is 2. The summed E-state index contributed by atoms with van der Waals surface area (Å²) in [5.41, 5.74) is 1.14. The zero-order valence-corrected chi connectivity index (χ0v) is 11.5. The molecule has 1 fully saturated rings. The Balaban J connectivity index is 1.88. The third kappa shape index (κ3) is 2.53. The average Bonchev–Trinajstić information content (AvgIpc) is 2.79. The van der Waals surface area contributed by atoms with E-state index in [1.807, 2.05) is 6.07 Å². The number of aromatic nitrogens is 2. The van der Waals surface area contributed by atoms with Crippen LogP contribution >= 0.6 is 0 Å². The van der Waals surface area contributed by atoms with Crippen LogP contribution in [0.2, 0.25) is 0 Å². The lowest BCUT2D eigenvalue weighted by atomic mass is 10.3. The van der Waals surface area contributed by atoms with Crippen molar-refractivity contribution >= 4 is 11.0 Å². The van der Waals surface area contributed by atoms with Gasteiger partial charge in [-0.2, -0.15) is 8.78 Å². The van der Waals surface area contributed by atoms with Crippen molar-refractivity contribution in [3.05, 3.63) is 30.1 Å². The maximum Gasteiger partial charge on any atom is 0.320 e. The molecule has 0 amide bonds. The quantitative estimate of drug-likeness (QED) is 0.861. The lowest BCUT2D eigenvalue weighted by Crippen LogP contribution is -2.44. The highest BCUT2D eigenvalue weighted by Gasteiger charge is 2.21. The third-order valence-electron chi connectivity index (χ3n) is 3.82. The van der Waals surface area contributed by atoms with Crippen molar-refractivity contribution in [1.82, 2.24) is 19.4 Å². The monoisotopic (exact) mass is 280 g/mol. The van der Waals surface area contributed by atoms with E-state index in [9.17, 15) is 8.78 Å². The smallest absolute Gasteiger partial charge is 0.304 e. The van der Waals surface area contributed by atoms with Gasteiger partial charge in [0.2, 0.25) is 0 Å². The Morgan fingerprint density at radius 3 is 2.55 bits per heavy atom. The molecule has 0 bridgehead atoms. The van der Waals surface area contributed by atoms with Crippen LogP contribution in [0.1, 0.15) is 12.4 Å². The molecule has 1 aliphatic heterocycles. The summed E-state index contributed by atoms with van der Waals surface area (Å²) < 4.78 is 27.7. The van der Waals surface area contributed by atoms with Crippen LogP contribution in [-0.4, -0.2) is 52.6 Å². The highest BCUT2D eigenvalue weighted by molar-refractivity contribution is 5.75. The molecule has 0 unspecified atom stereocenters. The molecular weight excluding hydrogens is 262 g/mol. The van der Waals surface area contributed by atoms with Crippen LogP contribution in [0.3, 0.4) is 0 Å². The summed E-state index contributed by atoms with van der Waals surface area (Å²) in [6.45, 7) is 1.65. The minimum Gasteiger partial charge on any atom is -0.304 e. The third-order valence-corrected chi connectivity index (χ3v) is 3.82. The van der Waals surface area contributed by atoms with E-state index in [0.29, 0.717) is 23.4 Å². The molecule has 2 heterocycles. The van der Waals surface area contributed by atoms with E-state index in [2.05, 4.69) is 21.8 Å². The molecular formula is C14H18F2N4. The highest BCUT2D eigenvalue weighted by atomic mass is 19.3. The summed E-state index contributed by atoms with van der Waals surface area (Å²) in [5.74, 6) is 0.450. The van der Waals surface area contributed by atoms with Gasteiger partial charge in [-0.3, -0.25) is 9.47 Å². The molecule has 6 heteroatoms. The van der Waals surface area contributed by atoms with Gasteiger partial charge in [0.05, 0.1) is 17.6 Å². The van der Waals surface area contributed by atoms with Crippen molar-refractivity contribution in [3.63, 3.8) is 0 Å². The molecule has 20 heavy (non-hydrogen) atoms. The number of hydrogen-bond acceptors (Lipinski definition) is 3. The van der Waals surface area contributed by atoms with Crippen molar-refractivity contribution in [2.24, 2.45) is 0 Å². The van der Waals surface area contributed by atoms with Gasteiger partial charge in [-0.1, -0.05) is 12.1 Å². The van der Waals surface area contributed by atoms with Crippen LogP contribution < -0.4 is 0 Å². The number of halogens is 2. The maximum absolute atomic E-state index is 13.3. The molecule has 4 nitrogen and oxygen atoms in total. The van der Waals surface area contributed by atoms with Gasteiger partial charge < -0.3 is 4.90 Å². The molecule has 0 spiro atoms. The zero-order chi connectivity index (χ0) is 14.1. The molecule has 1 aliphatic rings. The topological polar surface area (TPSA) is 24.3 Å². The fourth-order valence-corrected chi connectivity index (χ4v) is 2.63. The van der Waals surface area contributed by atoms with E-state index in [1.54, 1.807) is 18.2 Å². The van der Waals surface area contributed by atoms with Crippen LogP contribution in [-0.2, 0) is 6.54 Å². The lowest BCUT2D eigenvalue weighted by Gasteiger charge is -2.32. The lowest BCUT2D eigenvalue weighted by molar-refractivity contribution is 0.0659. The molecule has 0 N–H and O–H groups in total. The number of para-hydroxylation sites is 2. The number of nitrogens with zero attached hydrogens (tertiary/aromatic N) is 4. The van der Waals surface area contributed by atoms with Crippen LogP contribution in [0, 0.1) is 0 Å². The van der Waals surface area contributed by atoms with Crippen molar-refractivity contribution < 1.29 is 8.78 Å². The average molecular weight is 280 g/mol. The number of piperazine rings is 1. The molecule has 2 aromatic rings. The predicted molar refractivity (Wildman–Crippen MR) is 73.8 cm³/mol. The van der Waals surface area contributed by atoms with Gasteiger partial charge in [-0.05, 0) is 19.2 Å². The SMILES string of the molecule is CN1CCN(Cc2nc3ccccc3n2C(F)F)CC1. The second-order valence-corrected chi connectivity index (χ2v) is 5.24. The summed E-state index contributed by atoms with van der Waals surface area (Å²) in [5, 5.41) is 0. The van der Waals surface area contributed by atoms with Crippen molar-refractivity contribution in [2.45, 2.75) is 13.1 Å². The molecule has 1 aromatic carbocycles. The molecule has 108 valence electrons. The van der Waals surface area contributed by atoms with Crippen LogP contribution in [0.25, 0.3) is 11.0 Å². The molecule has 0 saturated carbocycles. The van der Waals surface area contributed by atoms with E-state index in [0.717, 1.165) is 30.7 Å². The fourth-order valence-electron chi connectivity index (χ4n) is 2.63. The van der Waals surface area contributed by atoms with Gasteiger partial charge in [-0.25, -0.2) is 4.98 Å². The van der Waals surface area contributed by atoms with E-state index in [4.69, 9.17) is 0 Å². The number of likely N-dealkylation sites (N-methyl/N-ethyl adjacent to an activating group) is 1. The Bertz CT molecular complexity index is 588. The highest BCUT2D eigenvalue weighted by Crippen LogP contribution is 2.24. The van der Waals surface area contributed by atoms with E-state index in [-0.39, 0.29) is 0 Å². The van der Waals surface area contributed by atoms with E-state index in [1.165, 1.54) is 0 Å². The van der Waals surface area contributed by atoms with Crippen LogP contribution in [0.5, 0.6) is 0 Å². The van der Waals surface area contributed by atoms with Gasteiger partial charge in [0, 0.05) is 26.2 Å². The minimum absolute atomic E-state index is 0.450. The normalized spacial score (nSPS) is 18.2. The first kappa shape index (κ1) is 13.5. The molecule has 0 radical (unpaired) electrons. The summed E-state index contributed by atoms with van der Waals surface area (Å²) in [7, 11) is 2.08. The van der Waals surface area contributed by atoms with Crippen LogP contribution in [0.4, 0.5) is 8.78 Å². The van der Waals surface area contributed by atoms with Gasteiger partial charge in [-0.15, -0.1) is 0 Å². The molecule has 0 atom stereocenters. The first-order valence-electron chi connectivity index (χ1n) is 6.80. The van der Waals surface area contributed by atoms with Gasteiger partial charge in [0.1, 0.15) is 5.82 Å². The maximum atomic E-state index is 13.3. The Labute approximate surface area is 116 Å². The summed E-state index contributed by atoms with van der Waals surface area (Å²) >= 11 is 0. The zero-order valence-electron chi connectivity index (χ0n) is 11.5. The first-order chi connectivity index (χ1) is 9.65. The minimum atomic E-state index is -2.55. The fraction of sp³-hybridized carbons (Fsp3) is 0.500. The van der Waals surface area contributed by atoms with Gasteiger partial charge in [0.25, 0.3) is 0 Å². The summed E-state index contributed by atoms with van der Waals surface area (Å²) in [6, 6.07) is 7.07. The number of imidazole rings is 1. The molecule has 0 aliphatic carbocycles. The standard InChI is InChI=1S/C14H18F2N4/c1-18-6-8-19(9-7-18)10-13-17-11-4-2-3-5-12(11)20(13)14(15)16/h2-5,14H,6-10H2,1H3. The second-order valence-electron chi connectivity index (χ2n) is 5.24. The van der Waals surface area contributed by atoms with Crippen LogP contribution in [0.15, 0.2) is 24.3 Å². The Hall–Kier alpha value is -1.53. The number of fused-ring (bicyclic) bond motifs is 1. The summed E-state index contributed by atoms with van der Waals surface area (Å²) in [6.07, 6.45) is 0. The van der Waals surface area contributed by atoms with Gasteiger partial charge in [0.15, 0.2) is 0 Å². The Morgan fingerprint density at radius 1 is 1.15 bits per heavy atom. The molecule has 1 saturated heterocycles. The Kier molecular flexibility index (Phi) is 3.67. The first-order valence-corrected chi connectivity index (χ1v) is 6.80. The molecule has 1 aromatic heterocycles. The van der Waals surface area contributed by atoms with E-state index >= 15 is 0 Å². The van der Waals surface area contributed by atoms with Crippen molar-refractivity contribution in [1.29, 1.82) is 0 Å². The predicted octanol–water partition coefficient (Wildman–Crippen LogP) is 2.18.